The number of aromatic nitrogens is 4. The first-order chi connectivity index (χ1) is 14.6. The van der Waals surface area contributed by atoms with Gasteiger partial charge >= 0.3 is 0 Å². The number of anilines is 1. The molecule has 30 heavy (non-hydrogen) atoms. The Labute approximate surface area is 176 Å². The second kappa shape index (κ2) is 9.04. The minimum atomic E-state index is -0.307. The van der Waals surface area contributed by atoms with E-state index in [-0.39, 0.29) is 29.2 Å². The topological polar surface area (TPSA) is 93.0 Å². The van der Waals surface area contributed by atoms with Crippen LogP contribution in [0.1, 0.15) is 23.5 Å². The van der Waals surface area contributed by atoms with Crippen LogP contribution in [0.5, 0.6) is 0 Å². The summed E-state index contributed by atoms with van der Waals surface area (Å²) in [5.74, 6) is -0.402. The SMILES string of the molecule is O=C(CSc1ccc(F)cc1)Nc1ccc(-n2nnc(C(=O)N3CCCC3)n2)cc1. The first-order valence-electron chi connectivity index (χ1n) is 9.46. The molecular weight excluding hydrogens is 407 g/mol. The Morgan fingerprint density at radius 1 is 1.03 bits per heavy atom. The van der Waals surface area contributed by atoms with Crippen molar-refractivity contribution in [3.05, 3.63) is 60.2 Å². The summed E-state index contributed by atoms with van der Waals surface area (Å²) in [6, 6.07) is 12.9. The van der Waals surface area contributed by atoms with Crippen molar-refractivity contribution in [3.63, 3.8) is 0 Å². The molecule has 2 amide bonds. The highest BCUT2D eigenvalue weighted by atomic mass is 32.2. The van der Waals surface area contributed by atoms with E-state index in [4.69, 9.17) is 0 Å². The third-order valence-electron chi connectivity index (χ3n) is 4.56. The fraction of sp³-hybridized carbons (Fsp3) is 0.250. The van der Waals surface area contributed by atoms with Crippen molar-refractivity contribution in [1.29, 1.82) is 0 Å². The van der Waals surface area contributed by atoms with Gasteiger partial charge in [0.05, 0.1) is 11.4 Å². The molecule has 2 heterocycles. The van der Waals surface area contributed by atoms with Crippen LogP contribution in [-0.4, -0.2) is 55.8 Å². The molecule has 154 valence electrons. The Morgan fingerprint density at radius 3 is 2.43 bits per heavy atom. The molecule has 1 fully saturated rings. The molecule has 3 aromatic rings. The molecule has 4 rings (SSSR count). The number of benzene rings is 2. The van der Waals surface area contributed by atoms with Crippen LogP contribution in [0, 0.1) is 5.82 Å². The van der Waals surface area contributed by atoms with Gasteiger partial charge in [0.1, 0.15) is 5.82 Å². The Hall–Kier alpha value is -3.27. The monoisotopic (exact) mass is 426 g/mol. The number of nitrogens with one attached hydrogen (secondary N) is 1. The van der Waals surface area contributed by atoms with Crippen LogP contribution in [0.2, 0.25) is 0 Å². The van der Waals surface area contributed by atoms with E-state index >= 15 is 0 Å². The van der Waals surface area contributed by atoms with E-state index in [1.807, 2.05) is 0 Å². The number of carbonyl (C=O) groups excluding carboxylic acids is 2. The van der Waals surface area contributed by atoms with Crippen molar-refractivity contribution >= 4 is 29.3 Å². The molecule has 0 atom stereocenters. The van der Waals surface area contributed by atoms with Crippen molar-refractivity contribution in [2.45, 2.75) is 17.7 Å². The van der Waals surface area contributed by atoms with Crippen molar-refractivity contribution in [1.82, 2.24) is 25.1 Å². The van der Waals surface area contributed by atoms with Crippen molar-refractivity contribution in [3.8, 4) is 5.69 Å². The molecule has 0 spiro atoms. The minimum absolute atomic E-state index is 0.0760. The Morgan fingerprint density at radius 2 is 1.73 bits per heavy atom. The number of carbonyl (C=O) groups is 2. The van der Waals surface area contributed by atoms with Crippen LogP contribution in [0.15, 0.2) is 53.4 Å². The van der Waals surface area contributed by atoms with Gasteiger partial charge in [0.15, 0.2) is 0 Å². The van der Waals surface area contributed by atoms with Gasteiger partial charge in [0, 0.05) is 23.7 Å². The molecule has 1 aliphatic rings. The van der Waals surface area contributed by atoms with E-state index in [0.29, 0.717) is 11.4 Å². The molecule has 1 aliphatic heterocycles. The lowest BCUT2D eigenvalue weighted by Gasteiger charge is -2.11. The van der Waals surface area contributed by atoms with Gasteiger partial charge in [0.2, 0.25) is 5.91 Å². The summed E-state index contributed by atoms with van der Waals surface area (Å²) in [7, 11) is 0. The number of tetrazole rings is 1. The number of amides is 2. The van der Waals surface area contributed by atoms with Crippen molar-refractivity contribution < 1.29 is 14.0 Å². The van der Waals surface area contributed by atoms with Crippen molar-refractivity contribution in [2.24, 2.45) is 0 Å². The predicted molar refractivity (Wildman–Crippen MR) is 110 cm³/mol. The number of hydrogen-bond acceptors (Lipinski definition) is 6. The van der Waals surface area contributed by atoms with Gasteiger partial charge < -0.3 is 10.2 Å². The second-order valence-electron chi connectivity index (χ2n) is 6.74. The summed E-state index contributed by atoms with van der Waals surface area (Å²) in [5, 5.41) is 14.8. The number of hydrogen-bond donors (Lipinski definition) is 1. The second-order valence-corrected chi connectivity index (χ2v) is 7.79. The highest BCUT2D eigenvalue weighted by molar-refractivity contribution is 8.00. The van der Waals surface area contributed by atoms with Gasteiger partial charge in [-0.25, -0.2) is 4.39 Å². The predicted octanol–water partition coefficient (Wildman–Crippen LogP) is 2.77. The molecule has 10 heteroatoms. The molecule has 0 aliphatic carbocycles. The quantitative estimate of drug-likeness (QED) is 0.610. The van der Waals surface area contributed by atoms with Gasteiger partial charge in [0.25, 0.3) is 11.7 Å². The first-order valence-corrected chi connectivity index (χ1v) is 10.4. The van der Waals surface area contributed by atoms with E-state index in [2.05, 4.69) is 20.7 Å². The molecule has 0 bridgehead atoms. The lowest BCUT2D eigenvalue weighted by atomic mass is 10.3. The zero-order valence-electron chi connectivity index (χ0n) is 16.0. The molecule has 8 nitrogen and oxygen atoms in total. The van der Waals surface area contributed by atoms with Crippen LogP contribution in [0.4, 0.5) is 10.1 Å². The highest BCUT2D eigenvalue weighted by Gasteiger charge is 2.23. The molecule has 0 unspecified atom stereocenters. The van der Waals surface area contributed by atoms with Crippen LogP contribution in [-0.2, 0) is 4.79 Å². The Kier molecular flexibility index (Phi) is 6.03. The fourth-order valence-electron chi connectivity index (χ4n) is 3.03. The van der Waals surface area contributed by atoms with E-state index in [0.717, 1.165) is 30.8 Å². The van der Waals surface area contributed by atoms with Crippen LogP contribution in [0.3, 0.4) is 0 Å². The largest absolute Gasteiger partial charge is 0.336 e. The van der Waals surface area contributed by atoms with Gasteiger partial charge in [-0.15, -0.1) is 26.8 Å². The van der Waals surface area contributed by atoms with E-state index in [1.165, 1.54) is 28.7 Å². The fourth-order valence-corrected chi connectivity index (χ4v) is 3.72. The summed E-state index contributed by atoms with van der Waals surface area (Å²) >= 11 is 1.33. The Bertz CT molecular complexity index is 1030. The third kappa shape index (κ3) is 4.82. The van der Waals surface area contributed by atoms with Gasteiger partial charge in [-0.05, 0) is 66.6 Å². The van der Waals surface area contributed by atoms with Gasteiger partial charge in [-0.1, -0.05) is 0 Å². The average molecular weight is 426 g/mol. The van der Waals surface area contributed by atoms with Gasteiger partial charge in [-0.3, -0.25) is 9.59 Å². The number of nitrogens with zero attached hydrogens (tertiary/aromatic N) is 5. The molecule has 1 aromatic heterocycles. The van der Waals surface area contributed by atoms with E-state index in [9.17, 15) is 14.0 Å². The zero-order chi connectivity index (χ0) is 20.9. The molecular formula is C20H19FN6O2S. The highest BCUT2D eigenvalue weighted by Crippen LogP contribution is 2.19. The Balaban J connectivity index is 1.33. The van der Waals surface area contributed by atoms with Crippen LogP contribution >= 0.6 is 11.8 Å². The number of halogens is 1. The maximum absolute atomic E-state index is 12.9. The first kappa shape index (κ1) is 20.0. The maximum atomic E-state index is 12.9. The summed E-state index contributed by atoms with van der Waals surface area (Å²) in [6.45, 7) is 1.45. The molecule has 2 aromatic carbocycles. The van der Waals surface area contributed by atoms with Gasteiger partial charge in [-0.2, -0.15) is 0 Å². The van der Waals surface area contributed by atoms with Crippen LogP contribution < -0.4 is 5.32 Å². The standard InChI is InChI=1S/C20H19FN6O2S/c21-14-3-9-17(10-4-14)30-13-18(28)22-15-5-7-16(8-6-15)27-24-19(23-25-27)20(29)26-11-1-2-12-26/h3-10H,1-2,11-13H2,(H,22,28). The average Bonchev–Trinajstić information content (AvgIpc) is 3.46. The smallest absolute Gasteiger partial charge is 0.295 e. The number of thioether (sulfide) groups is 1. The number of rotatable bonds is 6. The molecule has 1 saturated heterocycles. The van der Waals surface area contributed by atoms with E-state index < -0.39 is 0 Å². The third-order valence-corrected chi connectivity index (χ3v) is 5.58. The summed E-state index contributed by atoms with van der Waals surface area (Å²) in [6.07, 6.45) is 1.99. The van der Waals surface area contributed by atoms with Crippen molar-refractivity contribution in [2.75, 3.05) is 24.2 Å². The van der Waals surface area contributed by atoms with E-state index in [1.54, 1.807) is 41.3 Å². The zero-order valence-corrected chi connectivity index (χ0v) is 16.8. The summed E-state index contributed by atoms with van der Waals surface area (Å²) in [4.78, 5) is 28.3. The molecule has 1 N–H and O–H groups in total. The summed E-state index contributed by atoms with van der Waals surface area (Å²) in [5.41, 5.74) is 1.25. The maximum Gasteiger partial charge on any atom is 0.295 e. The minimum Gasteiger partial charge on any atom is -0.336 e. The molecule has 0 saturated carbocycles. The lowest BCUT2D eigenvalue weighted by Crippen LogP contribution is -2.28. The number of likely N-dealkylation sites (tertiary alicyclic amines) is 1. The summed E-state index contributed by atoms with van der Waals surface area (Å²) < 4.78 is 12.9. The normalized spacial score (nSPS) is 13.4. The molecule has 0 radical (unpaired) electrons. The van der Waals surface area contributed by atoms with Crippen LogP contribution in [0.25, 0.3) is 5.69 Å². The lowest BCUT2D eigenvalue weighted by molar-refractivity contribution is -0.113.